The number of carbonyl (C=O) groups excluding carboxylic acids is 1. The SMILES string of the molecule is CC(Oc1cccc(C(C)C)c1)C(=O)N1CCCC1CN.Cl. The zero-order chi connectivity index (χ0) is 15.4. The van der Waals surface area contributed by atoms with Crippen molar-refractivity contribution in [2.45, 2.75) is 51.7 Å². The average molecular weight is 327 g/mol. The Hall–Kier alpha value is -1.26. The highest BCUT2D eigenvalue weighted by Gasteiger charge is 2.31. The molecule has 2 atom stereocenters. The quantitative estimate of drug-likeness (QED) is 0.905. The first kappa shape index (κ1) is 18.8. The van der Waals surface area contributed by atoms with Crippen molar-refractivity contribution in [2.75, 3.05) is 13.1 Å². The molecule has 2 unspecified atom stereocenters. The van der Waals surface area contributed by atoms with Crippen molar-refractivity contribution >= 4 is 18.3 Å². The van der Waals surface area contributed by atoms with Crippen LogP contribution in [0, 0.1) is 0 Å². The molecule has 1 aliphatic heterocycles. The van der Waals surface area contributed by atoms with Gasteiger partial charge in [-0.05, 0) is 43.4 Å². The number of hydrogen-bond donors (Lipinski definition) is 1. The second kappa shape index (κ2) is 8.39. The fourth-order valence-electron chi connectivity index (χ4n) is 2.81. The second-order valence-corrected chi connectivity index (χ2v) is 6.05. The van der Waals surface area contributed by atoms with Crippen LogP contribution < -0.4 is 10.5 Å². The van der Waals surface area contributed by atoms with Gasteiger partial charge in [0.25, 0.3) is 5.91 Å². The van der Waals surface area contributed by atoms with E-state index < -0.39 is 6.10 Å². The molecule has 0 saturated carbocycles. The minimum absolute atomic E-state index is 0. The van der Waals surface area contributed by atoms with Crippen molar-refractivity contribution in [2.24, 2.45) is 5.73 Å². The van der Waals surface area contributed by atoms with Crippen molar-refractivity contribution in [1.29, 1.82) is 0 Å². The molecule has 5 heteroatoms. The van der Waals surface area contributed by atoms with Gasteiger partial charge in [0.1, 0.15) is 5.75 Å². The molecule has 0 aliphatic carbocycles. The molecule has 1 fully saturated rings. The molecular weight excluding hydrogens is 300 g/mol. The molecule has 1 aromatic rings. The van der Waals surface area contributed by atoms with E-state index in [1.54, 1.807) is 0 Å². The second-order valence-electron chi connectivity index (χ2n) is 6.05. The summed E-state index contributed by atoms with van der Waals surface area (Å²) in [7, 11) is 0. The zero-order valence-electron chi connectivity index (χ0n) is 13.6. The number of likely N-dealkylation sites (tertiary alicyclic amines) is 1. The molecule has 22 heavy (non-hydrogen) atoms. The minimum Gasteiger partial charge on any atom is -0.481 e. The van der Waals surface area contributed by atoms with E-state index in [4.69, 9.17) is 10.5 Å². The molecule has 0 spiro atoms. The fourth-order valence-corrected chi connectivity index (χ4v) is 2.81. The van der Waals surface area contributed by atoms with Gasteiger partial charge in [-0.25, -0.2) is 0 Å². The molecule has 124 valence electrons. The number of amides is 1. The minimum atomic E-state index is -0.473. The lowest BCUT2D eigenvalue weighted by molar-refractivity contribution is -0.138. The largest absolute Gasteiger partial charge is 0.481 e. The van der Waals surface area contributed by atoms with E-state index in [1.165, 1.54) is 5.56 Å². The Morgan fingerprint density at radius 3 is 2.77 bits per heavy atom. The third kappa shape index (κ3) is 4.37. The normalized spacial score (nSPS) is 19.0. The molecule has 0 radical (unpaired) electrons. The van der Waals surface area contributed by atoms with Gasteiger partial charge in [-0.1, -0.05) is 26.0 Å². The van der Waals surface area contributed by atoms with Crippen LogP contribution in [0.5, 0.6) is 5.75 Å². The molecule has 1 aromatic carbocycles. The smallest absolute Gasteiger partial charge is 0.263 e. The Balaban J connectivity index is 0.00000242. The molecule has 0 bridgehead atoms. The Morgan fingerprint density at radius 2 is 2.14 bits per heavy atom. The number of hydrogen-bond acceptors (Lipinski definition) is 3. The summed E-state index contributed by atoms with van der Waals surface area (Å²) in [6.45, 7) is 7.42. The summed E-state index contributed by atoms with van der Waals surface area (Å²) in [5.74, 6) is 1.24. The van der Waals surface area contributed by atoms with Gasteiger partial charge in [0.2, 0.25) is 0 Å². The van der Waals surface area contributed by atoms with E-state index in [1.807, 2.05) is 30.0 Å². The van der Waals surface area contributed by atoms with Gasteiger partial charge in [-0.15, -0.1) is 12.4 Å². The van der Waals surface area contributed by atoms with Crippen LogP contribution in [0.3, 0.4) is 0 Å². The van der Waals surface area contributed by atoms with Crippen LogP contribution in [0.1, 0.15) is 45.1 Å². The summed E-state index contributed by atoms with van der Waals surface area (Å²) in [4.78, 5) is 14.4. The Labute approximate surface area is 139 Å². The van der Waals surface area contributed by atoms with Crippen molar-refractivity contribution in [3.05, 3.63) is 29.8 Å². The Morgan fingerprint density at radius 1 is 1.41 bits per heavy atom. The molecule has 1 aliphatic rings. The molecule has 1 heterocycles. The van der Waals surface area contributed by atoms with Crippen LogP contribution in [-0.4, -0.2) is 36.0 Å². The number of nitrogens with two attached hydrogens (primary N) is 1. The topological polar surface area (TPSA) is 55.6 Å². The van der Waals surface area contributed by atoms with Gasteiger partial charge >= 0.3 is 0 Å². The van der Waals surface area contributed by atoms with E-state index >= 15 is 0 Å². The maximum atomic E-state index is 12.5. The summed E-state index contributed by atoms with van der Waals surface area (Å²) >= 11 is 0. The van der Waals surface area contributed by atoms with E-state index in [0.29, 0.717) is 12.5 Å². The first-order chi connectivity index (χ1) is 10.0. The molecule has 4 nitrogen and oxygen atoms in total. The van der Waals surface area contributed by atoms with Gasteiger partial charge in [0, 0.05) is 19.1 Å². The lowest BCUT2D eigenvalue weighted by Crippen LogP contribution is -2.45. The van der Waals surface area contributed by atoms with Crippen molar-refractivity contribution < 1.29 is 9.53 Å². The van der Waals surface area contributed by atoms with E-state index in [-0.39, 0.29) is 24.4 Å². The number of rotatable bonds is 5. The van der Waals surface area contributed by atoms with Gasteiger partial charge in [-0.2, -0.15) is 0 Å². The predicted molar refractivity (Wildman–Crippen MR) is 91.7 cm³/mol. The fraction of sp³-hybridized carbons (Fsp3) is 0.588. The van der Waals surface area contributed by atoms with E-state index in [0.717, 1.165) is 25.1 Å². The number of benzene rings is 1. The van der Waals surface area contributed by atoms with Crippen LogP contribution in [0.25, 0.3) is 0 Å². The summed E-state index contributed by atoms with van der Waals surface area (Å²) in [5, 5.41) is 0. The van der Waals surface area contributed by atoms with E-state index in [9.17, 15) is 4.79 Å². The van der Waals surface area contributed by atoms with Crippen molar-refractivity contribution in [3.8, 4) is 5.75 Å². The van der Waals surface area contributed by atoms with Gasteiger partial charge in [0.15, 0.2) is 6.10 Å². The third-order valence-electron chi connectivity index (χ3n) is 4.12. The molecule has 1 amide bonds. The number of ether oxygens (including phenoxy) is 1. The van der Waals surface area contributed by atoms with Crippen LogP contribution in [-0.2, 0) is 4.79 Å². The average Bonchev–Trinajstić information content (AvgIpc) is 2.95. The van der Waals surface area contributed by atoms with Gasteiger partial charge < -0.3 is 15.4 Å². The first-order valence-corrected chi connectivity index (χ1v) is 7.80. The van der Waals surface area contributed by atoms with Crippen molar-refractivity contribution in [1.82, 2.24) is 4.90 Å². The van der Waals surface area contributed by atoms with Crippen LogP contribution in [0.2, 0.25) is 0 Å². The standard InChI is InChI=1S/C17H26N2O2.ClH/c1-12(2)14-6-4-8-16(10-14)21-13(3)17(20)19-9-5-7-15(19)11-18;/h4,6,8,10,12-13,15H,5,7,9,11,18H2,1-3H3;1H. The maximum Gasteiger partial charge on any atom is 0.263 e. The first-order valence-electron chi connectivity index (χ1n) is 7.80. The Kier molecular flexibility index (Phi) is 7.17. The lowest BCUT2D eigenvalue weighted by atomic mass is 10.0. The van der Waals surface area contributed by atoms with Crippen LogP contribution in [0.15, 0.2) is 24.3 Å². The molecule has 0 aromatic heterocycles. The highest BCUT2D eigenvalue weighted by Crippen LogP contribution is 2.23. The maximum absolute atomic E-state index is 12.5. The van der Waals surface area contributed by atoms with Crippen molar-refractivity contribution in [3.63, 3.8) is 0 Å². The zero-order valence-corrected chi connectivity index (χ0v) is 14.4. The monoisotopic (exact) mass is 326 g/mol. The summed E-state index contributed by atoms with van der Waals surface area (Å²) in [6, 6.07) is 8.14. The van der Waals surface area contributed by atoms with Gasteiger partial charge in [-0.3, -0.25) is 4.79 Å². The lowest BCUT2D eigenvalue weighted by Gasteiger charge is -2.27. The highest BCUT2D eigenvalue weighted by molar-refractivity contribution is 5.85. The third-order valence-corrected chi connectivity index (χ3v) is 4.12. The highest BCUT2D eigenvalue weighted by atomic mass is 35.5. The number of nitrogens with zero attached hydrogens (tertiary/aromatic N) is 1. The van der Waals surface area contributed by atoms with E-state index in [2.05, 4.69) is 19.9 Å². The number of carbonyl (C=O) groups is 1. The van der Waals surface area contributed by atoms with Gasteiger partial charge in [0.05, 0.1) is 0 Å². The summed E-state index contributed by atoms with van der Waals surface area (Å²) in [6.07, 6.45) is 1.56. The van der Waals surface area contributed by atoms with Crippen LogP contribution >= 0.6 is 12.4 Å². The summed E-state index contributed by atoms with van der Waals surface area (Å²) < 4.78 is 5.84. The molecule has 2 N–H and O–H groups in total. The Bertz CT molecular complexity index is 493. The predicted octanol–water partition coefficient (Wildman–Crippen LogP) is 2.95. The number of halogens is 1. The molecule has 1 saturated heterocycles. The molecule has 2 rings (SSSR count). The molecular formula is C17H27ClN2O2. The van der Waals surface area contributed by atoms with Crippen LogP contribution in [0.4, 0.5) is 0 Å². The summed E-state index contributed by atoms with van der Waals surface area (Å²) in [5.41, 5.74) is 6.95.